The van der Waals surface area contributed by atoms with Crippen molar-refractivity contribution in [2.45, 2.75) is 38.5 Å². The van der Waals surface area contributed by atoms with Crippen molar-refractivity contribution in [3.63, 3.8) is 0 Å². The van der Waals surface area contributed by atoms with Gasteiger partial charge in [0.2, 0.25) is 0 Å². The van der Waals surface area contributed by atoms with E-state index in [9.17, 15) is 0 Å². The highest BCUT2D eigenvalue weighted by Gasteiger charge is 2.46. The van der Waals surface area contributed by atoms with E-state index in [1.165, 1.54) is 53.6 Å². The quantitative estimate of drug-likeness (QED) is 0.196. The topological polar surface area (TPSA) is 25.8 Å². The molecule has 1 aliphatic carbocycles. The van der Waals surface area contributed by atoms with Gasteiger partial charge in [0, 0.05) is 31.3 Å². The summed E-state index contributed by atoms with van der Waals surface area (Å²) in [7, 11) is 0. The molecule has 1 aliphatic rings. The van der Waals surface area contributed by atoms with Crippen LogP contribution in [-0.2, 0) is 10.8 Å². The molecule has 0 amide bonds. The molecule has 226 valence electrons. The van der Waals surface area contributed by atoms with E-state index in [0.717, 1.165) is 33.5 Å². The standard InChI is InChI=1S/C44H34N2S/c1-43(2)34-17-12-16-33(40(34)32-24-21-28(25-35(32)44(43,3)4)27-13-6-5-7-14-27)42-41(45-36-18-9-10-19-37(36)46-42)29-22-23-31-30-15-8-11-20-38(30)47-39(31)26-29/h5-26H,1-4H3. The molecular formula is C44H34N2S. The van der Waals surface area contributed by atoms with Gasteiger partial charge in [0.25, 0.3) is 0 Å². The van der Waals surface area contributed by atoms with Crippen LogP contribution in [0.15, 0.2) is 133 Å². The fourth-order valence-corrected chi connectivity index (χ4v) is 8.73. The van der Waals surface area contributed by atoms with Crippen molar-refractivity contribution in [1.82, 2.24) is 9.97 Å². The van der Waals surface area contributed by atoms with Crippen molar-refractivity contribution in [3.05, 3.63) is 145 Å². The van der Waals surface area contributed by atoms with Gasteiger partial charge in [-0.3, -0.25) is 0 Å². The number of hydrogen-bond acceptors (Lipinski definition) is 3. The number of nitrogens with zero attached hydrogens (tertiary/aromatic N) is 2. The van der Waals surface area contributed by atoms with Gasteiger partial charge in [-0.2, -0.15) is 0 Å². The highest BCUT2D eigenvalue weighted by atomic mass is 32.1. The largest absolute Gasteiger partial charge is 0.244 e. The number of para-hydroxylation sites is 2. The van der Waals surface area contributed by atoms with E-state index in [2.05, 4.69) is 155 Å². The Morgan fingerprint density at radius 3 is 1.91 bits per heavy atom. The third-order valence-electron chi connectivity index (χ3n) is 10.8. The minimum Gasteiger partial charge on any atom is -0.244 e. The summed E-state index contributed by atoms with van der Waals surface area (Å²) in [6.45, 7) is 9.60. The zero-order valence-corrected chi connectivity index (χ0v) is 27.8. The van der Waals surface area contributed by atoms with Crippen molar-refractivity contribution in [1.29, 1.82) is 0 Å². The lowest BCUT2D eigenvalue weighted by Gasteiger charge is -2.49. The molecule has 0 radical (unpaired) electrons. The maximum Gasteiger partial charge on any atom is 0.0979 e. The molecular weight excluding hydrogens is 589 g/mol. The molecule has 0 saturated heterocycles. The van der Waals surface area contributed by atoms with Gasteiger partial charge in [-0.1, -0.05) is 131 Å². The summed E-state index contributed by atoms with van der Waals surface area (Å²) in [6.07, 6.45) is 0. The van der Waals surface area contributed by atoms with E-state index < -0.39 is 0 Å². The highest BCUT2D eigenvalue weighted by molar-refractivity contribution is 7.25. The van der Waals surface area contributed by atoms with Crippen molar-refractivity contribution in [2.75, 3.05) is 0 Å². The Kier molecular flexibility index (Phi) is 6.10. The Morgan fingerprint density at radius 1 is 0.447 bits per heavy atom. The van der Waals surface area contributed by atoms with Gasteiger partial charge in [-0.25, -0.2) is 9.97 Å². The zero-order valence-electron chi connectivity index (χ0n) is 27.0. The van der Waals surface area contributed by atoms with Gasteiger partial charge >= 0.3 is 0 Å². The van der Waals surface area contributed by atoms with Crippen LogP contribution >= 0.6 is 11.3 Å². The van der Waals surface area contributed by atoms with Gasteiger partial charge < -0.3 is 0 Å². The van der Waals surface area contributed by atoms with Gasteiger partial charge in [0.15, 0.2) is 0 Å². The lowest BCUT2D eigenvalue weighted by molar-refractivity contribution is 0.299. The Labute approximate surface area is 279 Å². The first-order valence-corrected chi connectivity index (χ1v) is 17.2. The Balaban J connectivity index is 1.33. The summed E-state index contributed by atoms with van der Waals surface area (Å²) >= 11 is 1.84. The summed E-state index contributed by atoms with van der Waals surface area (Å²) in [5.41, 5.74) is 13.4. The van der Waals surface area contributed by atoms with Crippen LogP contribution in [0.5, 0.6) is 0 Å². The summed E-state index contributed by atoms with van der Waals surface area (Å²) in [4.78, 5) is 10.8. The minimum atomic E-state index is -0.138. The van der Waals surface area contributed by atoms with Gasteiger partial charge in [-0.05, 0) is 74.5 Å². The van der Waals surface area contributed by atoms with Crippen LogP contribution in [0.2, 0.25) is 0 Å². The lowest BCUT2D eigenvalue weighted by Crippen LogP contribution is -2.43. The monoisotopic (exact) mass is 622 g/mol. The molecule has 0 bridgehead atoms. The van der Waals surface area contributed by atoms with Crippen LogP contribution in [-0.4, -0.2) is 9.97 Å². The number of benzene rings is 6. The number of thiophene rings is 1. The van der Waals surface area contributed by atoms with Crippen LogP contribution in [0.25, 0.3) is 76.0 Å². The Hall–Kier alpha value is -5.12. The molecule has 2 aromatic heterocycles. The van der Waals surface area contributed by atoms with E-state index in [0.29, 0.717) is 0 Å². The molecule has 47 heavy (non-hydrogen) atoms. The molecule has 2 heterocycles. The third kappa shape index (κ3) is 4.16. The first kappa shape index (κ1) is 28.1. The van der Waals surface area contributed by atoms with Crippen LogP contribution in [0.4, 0.5) is 0 Å². The molecule has 0 saturated carbocycles. The smallest absolute Gasteiger partial charge is 0.0979 e. The van der Waals surface area contributed by atoms with Crippen LogP contribution in [0.1, 0.15) is 38.8 Å². The van der Waals surface area contributed by atoms with E-state index in [1.54, 1.807) is 0 Å². The molecule has 0 unspecified atom stereocenters. The number of fused-ring (bicyclic) bond motifs is 7. The second kappa shape index (κ2) is 10.2. The summed E-state index contributed by atoms with van der Waals surface area (Å²) in [6, 6.07) is 48.3. The fraction of sp³-hybridized carbons (Fsp3) is 0.136. The van der Waals surface area contributed by atoms with E-state index >= 15 is 0 Å². The molecule has 0 spiro atoms. The molecule has 0 fully saturated rings. The Morgan fingerprint density at radius 2 is 1.11 bits per heavy atom. The summed E-state index contributed by atoms with van der Waals surface area (Å²) in [5, 5.41) is 2.59. The van der Waals surface area contributed by atoms with Crippen LogP contribution in [0, 0.1) is 0 Å². The number of hydrogen-bond donors (Lipinski definition) is 0. The highest BCUT2D eigenvalue weighted by Crippen LogP contribution is 2.57. The molecule has 6 aromatic carbocycles. The maximum atomic E-state index is 5.42. The van der Waals surface area contributed by atoms with E-state index in [1.807, 2.05) is 17.4 Å². The van der Waals surface area contributed by atoms with Crippen molar-refractivity contribution in [3.8, 4) is 44.8 Å². The fourth-order valence-electron chi connectivity index (χ4n) is 7.59. The SMILES string of the molecule is CC1(C)c2cc(-c3ccccc3)ccc2-c2c(-c3nc4ccccc4nc3-c3ccc4c(c3)sc3ccccc34)cccc2C1(C)C. The van der Waals surface area contributed by atoms with Crippen molar-refractivity contribution < 1.29 is 0 Å². The number of rotatable bonds is 3. The van der Waals surface area contributed by atoms with Gasteiger partial charge in [0.05, 0.1) is 22.4 Å². The van der Waals surface area contributed by atoms with Crippen LogP contribution < -0.4 is 0 Å². The summed E-state index contributed by atoms with van der Waals surface area (Å²) in [5.74, 6) is 0. The zero-order chi connectivity index (χ0) is 31.9. The average molecular weight is 623 g/mol. The third-order valence-corrected chi connectivity index (χ3v) is 12.0. The minimum absolute atomic E-state index is 0.108. The molecule has 3 heteroatoms. The molecule has 2 nitrogen and oxygen atoms in total. The summed E-state index contributed by atoms with van der Waals surface area (Å²) < 4.78 is 2.57. The second-order valence-electron chi connectivity index (χ2n) is 13.8. The maximum absolute atomic E-state index is 5.42. The molecule has 0 atom stereocenters. The van der Waals surface area contributed by atoms with Gasteiger partial charge in [-0.15, -0.1) is 11.3 Å². The van der Waals surface area contributed by atoms with Crippen molar-refractivity contribution in [2.24, 2.45) is 0 Å². The first-order chi connectivity index (χ1) is 22.8. The number of aromatic nitrogens is 2. The predicted molar refractivity (Wildman–Crippen MR) is 200 cm³/mol. The Bertz CT molecular complexity index is 2520. The molecule has 9 rings (SSSR count). The molecule has 8 aromatic rings. The lowest BCUT2D eigenvalue weighted by atomic mass is 9.54. The van der Waals surface area contributed by atoms with Gasteiger partial charge in [0.1, 0.15) is 0 Å². The van der Waals surface area contributed by atoms with E-state index in [4.69, 9.17) is 9.97 Å². The molecule has 0 aliphatic heterocycles. The first-order valence-electron chi connectivity index (χ1n) is 16.3. The van der Waals surface area contributed by atoms with Crippen LogP contribution in [0.3, 0.4) is 0 Å². The second-order valence-corrected chi connectivity index (χ2v) is 14.9. The normalized spacial score (nSPS) is 14.7. The molecule has 0 N–H and O–H groups in total. The average Bonchev–Trinajstić information content (AvgIpc) is 3.48. The van der Waals surface area contributed by atoms with Crippen molar-refractivity contribution >= 4 is 42.5 Å². The predicted octanol–water partition coefficient (Wildman–Crippen LogP) is 12.2. The van der Waals surface area contributed by atoms with E-state index in [-0.39, 0.29) is 10.8 Å².